The van der Waals surface area contributed by atoms with Gasteiger partial charge in [0.25, 0.3) is 0 Å². The second-order valence-electron chi connectivity index (χ2n) is 4.92. The van der Waals surface area contributed by atoms with Gasteiger partial charge in [0.2, 0.25) is 0 Å². The van der Waals surface area contributed by atoms with Crippen molar-refractivity contribution < 1.29 is 4.39 Å². The summed E-state index contributed by atoms with van der Waals surface area (Å²) in [5.41, 5.74) is 1.48. The Morgan fingerprint density at radius 1 is 1.40 bits per heavy atom. The van der Waals surface area contributed by atoms with Crippen LogP contribution in [0.3, 0.4) is 0 Å². The standard InChI is InChI=1S/C14H17ClFN3S/c1-8(2)13-14(20-19-18-13)12(17-3)7-9-10(15)5-4-6-11(9)16/h4-6,8,12,17H,7H2,1-3H3. The second kappa shape index (κ2) is 6.61. The van der Waals surface area contributed by atoms with E-state index in [1.807, 2.05) is 7.05 Å². The Morgan fingerprint density at radius 3 is 2.75 bits per heavy atom. The van der Waals surface area contributed by atoms with Crippen LogP contribution in [0.1, 0.15) is 41.9 Å². The van der Waals surface area contributed by atoms with Gasteiger partial charge in [-0.2, -0.15) is 0 Å². The SMILES string of the molecule is CNC(Cc1c(F)cccc1Cl)c1snnc1C(C)C. The third-order valence-corrected chi connectivity index (χ3v) is 4.43. The van der Waals surface area contributed by atoms with Gasteiger partial charge in [0.05, 0.1) is 10.6 Å². The molecule has 1 heterocycles. The van der Waals surface area contributed by atoms with Crippen molar-refractivity contribution >= 4 is 23.1 Å². The summed E-state index contributed by atoms with van der Waals surface area (Å²) in [6, 6.07) is 4.72. The van der Waals surface area contributed by atoms with Crippen molar-refractivity contribution in [3.8, 4) is 0 Å². The van der Waals surface area contributed by atoms with E-state index in [0.29, 0.717) is 17.0 Å². The average Bonchev–Trinajstić information content (AvgIpc) is 2.88. The van der Waals surface area contributed by atoms with Gasteiger partial charge in [0.15, 0.2) is 0 Å². The Hall–Kier alpha value is -1.04. The third kappa shape index (κ3) is 3.16. The van der Waals surface area contributed by atoms with Crippen LogP contribution in [0.25, 0.3) is 0 Å². The highest BCUT2D eigenvalue weighted by Crippen LogP contribution is 2.31. The number of nitrogens with one attached hydrogen (secondary N) is 1. The summed E-state index contributed by atoms with van der Waals surface area (Å²) in [5, 5.41) is 7.83. The fraction of sp³-hybridized carbons (Fsp3) is 0.429. The molecule has 0 spiro atoms. The molecule has 20 heavy (non-hydrogen) atoms. The van der Waals surface area contributed by atoms with E-state index in [0.717, 1.165) is 10.6 Å². The third-order valence-electron chi connectivity index (χ3n) is 3.22. The summed E-state index contributed by atoms with van der Waals surface area (Å²) in [6.07, 6.45) is 0.478. The van der Waals surface area contributed by atoms with E-state index < -0.39 is 0 Å². The van der Waals surface area contributed by atoms with Crippen molar-refractivity contribution in [1.82, 2.24) is 14.9 Å². The number of rotatable bonds is 5. The number of nitrogens with zero attached hydrogens (tertiary/aromatic N) is 2. The molecule has 0 radical (unpaired) electrons. The van der Waals surface area contributed by atoms with Crippen molar-refractivity contribution in [3.05, 3.63) is 45.2 Å². The Labute approximate surface area is 127 Å². The zero-order valence-electron chi connectivity index (χ0n) is 11.7. The van der Waals surface area contributed by atoms with Crippen LogP contribution in [-0.4, -0.2) is 16.6 Å². The smallest absolute Gasteiger partial charge is 0.127 e. The zero-order valence-corrected chi connectivity index (χ0v) is 13.2. The molecular weight excluding hydrogens is 297 g/mol. The zero-order chi connectivity index (χ0) is 14.7. The van der Waals surface area contributed by atoms with Gasteiger partial charge in [-0.1, -0.05) is 36.0 Å². The average molecular weight is 314 g/mol. The molecule has 3 nitrogen and oxygen atoms in total. The normalized spacial score (nSPS) is 12.9. The van der Waals surface area contributed by atoms with E-state index in [9.17, 15) is 4.39 Å². The summed E-state index contributed by atoms with van der Waals surface area (Å²) in [5.74, 6) is 0.0111. The molecule has 0 saturated carbocycles. The van der Waals surface area contributed by atoms with Gasteiger partial charge >= 0.3 is 0 Å². The molecule has 1 aromatic heterocycles. The molecule has 1 unspecified atom stereocenters. The quantitative estimate of drug-likeness (QED) is 0.908. The van der Waals surface area contributed by atoms with Crippen LogP contribution in [0.4, 0.5) is 4.39 Å². The molecule has 1 atom stereocenters. The fourth-order valence-electron chi connectivity index (χ4n) is 2.10. The number of aromatic nitrogens is 2. The lowest BCUT2D eigenvalue weighted by Gasteiger charge is -2.17. The predicted molar refractivity (Wildman–Crippen MR) is 80.9 cm³/mol. The number of hydrogen-bond donors (Lipinski definition) is 1. The van der Waals surface area contributed by atoms with Gasteiger partial charge in [-0.3, -0.25) is 0 Å². The molecule has 6 heteroatoms. The van der Waals surface area contributed by atoms with Crippen LogP contribution in [0.2, 0.25) is 5.02 Å². The van der Waals surface area contributed by atoms with Crippen molar-refractivity contribution in [1.29, 1.82) is 0 Å². The summed E-state index contributed by atoms with van der Waals surface area (Å²) < 4.78 is 17.9. The Kier molecular flexibility index (Phi) is 5.07. The van der Waals surface area contributed by atoms with Crippen molar-refractivity contribution in [3.63, 3.8) is 0 Å². The molecule has 2 rings (SSSR count). The second-order valence-corrected chi connectivity index (χ2v) is 6.12. The highest BCUT2D eigenvalue weighted by Gasteiger charge is 2.22. The van der Waals surface area contributed by atoms with Gasteiger partial charge in [-0.15, -0.1) is 5.10 Å². The van der Waals surface area contributed by atoms with Crippen LogP contribution in [0, 0.1) is 5.82 Å². The summed E-state index contributed by atoms with van der Waals surface area (Å²) in [4.78, 5) is 1.04. The van der Waals surface area contributed by atoms with Gasteiger partial charge in [0.1, 0.15) is 5.82 Å². The molecule has 0 aliphatic rings. The number of likely N-dealkylation sites (N-methyl/N-ethyl adjacent to an activating group) is 1. The highest BCUT2D eigenvalue weighted by molar-refractivity contribution is 7.05. The van der Waals surface area contributed by atoms with Crippen LogP contribution >= 0.6 is 23.1 Å². The topological polar surface area (TPSA) is 37.8 Å². The lowest BCUT2D eigenvalue weighted by molar-refractivity contribution is 0.554. The first-order valence-electron chi connectivity index (χ1n) is 6.46. The molecule has 0 fully saturated rings. The number of halogens is 2. The molecule has 0 amide bonds. The lowest BCUT2D eigenvalue weighted by atomic mass is 10.00. The first kappa shape index (κ1) is 15.4. The van der Waals surface area contributed by atoms with Gasteiger partial charge in [-0.05, 0) is 43.1 Å². The van der Waals surface area contributed by atoms with E-state index >= 15 is 0 Å². The van der Waals surface area contributed by atoms with E-state index in [-0.39, 0.29) is 17.8 Å². The summed E-state index contributed by atoms with van der Waals surface area (Å²) in [6.45, 7) is 4.14. The maximum Gasteiger partial charge on any atom is 0.127 e. The van der Waals surface area contributed by atoms with Gasteiger partial charge in [0, 0.05) is 16.6 Å². The Bertz CT molecular complexity index is 565. The summed E-state index contributed by atoms with van der Waals surface area (Å²) in [7, 11) is 1.85. The molecule has 0 bridgehead atoms. The maximum atomic E-state index is 13.9. The predicted octanol–water partition coefficient (Wildman–Crippen LogP) is 3.96. The van der Waals surface area contributed by atoms with Crippen LogP contribution in [0.15, 0.2) is 18.2 Å². The molecule has 0 saturated heterocycles. The van der Waals surface area contributed by atoms with E-state index in [1.54, 1.807) is 12.1 Å². The Balaban J connectivity index is 2.32. The minimum absolute atomic E-state index is 0.0400. The molecule has 108 valence electrons. The van der Waals surface area contributed by atoms with Crippen LogP contribution in [-0.2, 0) is 6.42 Å². The van der Waals surface area contributed by atoms with Crippen LogP contribution in [0.5, 0.6) is 0 Å². The van der Waals surface area contributed by atoms with Gasteiger partial charge in [-0.25, -0.2) is 4.39 Å². The highest BCUT2D eigenvalue weighted by atomic mass is 35.5. The van der Waals surface area contributed by atoms with Crippen molar-refractivity contribution in [2.75, 3.05) is 7.05 Å². The van der Waals surface area contributed by atoms with Gasteiger partial charge < -0.3 is 5.32 Å². The van der Waals surface area contributed by atoms with E-state index in [1.165, 1.54) is 17.6 Å². The molecule has 0 aliphatic heterocycles. The van der Waals surface area contributed by atoms with Crippen LogP contribution < -0.4 is 5.32 Å². The molecule has 0 aliphatic carbocycles. The lowest BCUT2D eigenvalue weighted by Crippen LogP contribution is -2.20. The van der Waals surface area contributed by atoms with Crippen molar-refractivity contribution in [2.24, 2.45) is 0 Å². The summed E-state index contributed by atoms with van der Waals surface area (Å²) >= 11 is 7.45. The Morgan fingerprint density at radius 2 is 2.15 bits per heavy atom. The molecule has 1 N–H and O–H groups in total. The largest absolute Gasteiger partial charge is 0.312 e. The monoisotopic (exact) mass is 313 g/mol. The number of benzene rings is 1. The first-order valence-corrected chi connectivity index (χ1v) is 7.62. The number of hydrogen-bond acceptors (Lipinski definition) is 4. The fourth-order valence-corrected chi connectivity index (χ4v) is 3.26. The first-order chi connectivity index (χ1) is 9.54. The molecule has 1 aromatic carbocycles. The minimum Gasteiger partial charge on any atom is -0.312 e. The van der Waals surface area contributed by atoms with E-state index in [4.69, 9.17) is 11.6 Å². The van der Waals surface area contributed by atoms with E-state index in [2.05, 4.69) is 28.8 Å². The minimum atomic E-state index is -0.277. The maximum absolute atomic E-state index is 13.9. The molecular formula is C14H17ClFN3S. The van der Waals surface area contributed by atoms with Crippen molar-refractivity contribution in [2.45, 2.75) is 32.2 Å². The molecule has 2 aromatic rings.